The van der Waals surface area contributed by atoms with Gasteiger partial charge in [0.15, 0.2) is 11.5 Å². The number of ether oxygens (including phenoxy) is 2. The van der Waals surface area contributed by atoms with E-state index >= 15 is 0 Å². The molecule has 0 saturated heterocycles. The van der Waals surface area contributed by atoms with Gasteiger partial charge < -0.3 is 19.7 Å². The molecule has 1 saturated carbocycles. The number of nitrogens with zero attached hydrogens (tertiary/aromatic N) is 1. The van der Waals surface area contributed by atoms with E-state index in [9.17, 15) is 9.59 Å². The van der Waals surface area contributed by atoms with Gasteiger partial charge in [-0.05, 0) is 67.3 Å². The number of nitrogens with one attached hydrogen (secondary N) is 1. The van der Waals surface area contributed by atoms with Crippen LogP contribution in [0.15, 0.2) is 42.5 Å². The zero-order valence-electron chi connectivity index (χ0n) is 22.7. The van der Waals surface area contributed by atoms with Gasteiger partial charge in [0, 0.05) is 6.04 Å². The summed E-state index contributed by atoms with van der Waals surface area (Å²) < 4.78 is 11.5. The number of halogens is 1. The second-order valence-electron chi connectivity index (χ2n) is 10.4. The molecule has 38 heavy (non-hydrogen) atoms. The molecule has 2 aliphatic carbocycles. The first-order chi connectivity index (χ1) is 18.6. The lowest BCUT2D eigenvalue weighted by Crippen LogP contribution is -2.48. The van der Waals surface area contributed by atoms with Gasteiger partial charge in [-0.3, -0.25) is 9.59 Å². The largest absolute Gasteiger partial charge is 0.493 e. The molecule has 2 atom stereocenters. The van der Waals surface area contributed by atoms with E-state index in [-0.39, 0.29) is 29.8 Å². The molecule has 2 amide bonds. The van der Waals surface area contributed by atoms with Crippen molar-refractivity contribution < 1.29 is 19.1 Å². The molecule has 2 aromatic rings. The summed E-state index contributed by atoms with van der Waals surface area (Å²) >= 11 is 6.22. The quantitative estimate of drug-likeness (QED) is 0.275. The second kappa shape index (κ2) is 13.9. The molecule has 2 aromatic carbocycles. The summed E-state index contributed by atoms with van der Waals surface area (Å²) in [6.45, 7) is 2.61. The maximum atomic E-state index is 14.2. The fourth-order valence-corrected chi connectivity index (χ4v) is 6.05. The summed E-state index contributed by atoms with van der Waals surface area (Å²) in [5.41, 5.74) is 3.01. The van der Waals surface area contributed by atoms with Crippen LogP contribution in [0.1, 0.15) is 93.5 Å². The lowest BCUT2D eigenvalue weighted by Gasteiger charge is -2.41. The zero-order valence-corrected chi connectivity index (χ0v) is 23.5. The Hall–Kier alpha value is -2.73. The molecule has 1 N–H and O–H groups in total. The molecule has 1 fully saturated rings. The average Bonchev–Trinajstić information content (AvgIpc) is 3.22. The summed E-state index contributed by atoms with van der Waals surface area (Å²) in [4.78, 5) is 29.5. The van der Waals surface area contributed by atoms with Crippen molar-refractivity contribution in [2.45, 2.75) is 89.3 Å². The van der Waals surface area contributed by atoms with Crippen LogP contribution in [0, 0.1) is 0 Å². The number of hydrogen-bond acceptors (Lipinski definition) is 4. The van der Waals surface area contributed by atoms with Crippen molar-refractivity contribution >= 4 is 23.4 Å². The van der Waals surface area contributed by atoms with E-state index in [1.807, 2.05) is 37.3 Å². The van der Waals surface area contributed by atoms with Gasteiger partial charge >= 0.3 is 0 Å². The van der Waals surface area contributed by atoms with Crippen LogP contribution in [-0.2, 0) is 16.0 Å². The van der Waals surface area contributed by atoms with Crippen LogP contribution in [0.2, 0.25) is 0 Å². The van der Waals surface area contributed by atoms with Crippen LogP contribution in [0.25, 0.3) is 0 Å². The first-order valence-corrected chi connectivity index (χ1v) is 14.7. The van der Waals surface area contributed by atoms with E-state index in [2.05, 4.69) is 17.4 Å². The van der Waals surface area contributed by atoms with Crippen LogP contribution in [0.4, 0.5) is 0 Å². The molecule has 206 valence electrons. The highest BCUT2D eigenvalue weighted by Gasteiger charge is 2.39. The van der Waals surface area contributed by atoms with Crippen molar-refractivity contribution in [1.29, 1.82) is 0 Å². The van der Waals surface area contributed by atoms with Crippen molar-refractivity contribution in [3.8, 4) is 11.5 Å². The van der Waals surface area contributed by atoms with Crippen LogP contribution in [-0.4, -0.2) is 42.4 Å². The van der Waals surface area contributed by atoms with Crippen molar-refractivity contribution in [3.63, 3.8) is 0 Å². The number of benzene rings is 2. The first-order valence-electron chi connectivity index (χ1n) is 14.1. The van der Waals surface area contributed by atoms with E-state index in [0.29, 0.717) is 23.7 Å². The predicted molar refractivity (Wildman–Crippen MR) is 151 cm³/mol. The average molecular weight is 541 g/mol. The molecule has 0 aliphatic heterocycles. The Balaban J connectivity index is 1.77. The van der Waals surface area contributed by atoms with Gasteiger partial charge in [0.1, 0.15) is 11.9 Å². The molecule has 0 aromatic heterocycles. The molecule has 6 nitrogen and oxygen atoms in total. The number of fused-ring (bicyclic) bond motifs is 1. The minimum atomic E-state index is -0.838. The third kappa shape index (κ3) is 6.63. The molecule has 7 heteroatoms. The number of carbonyl (C=O) groups excluding carboxylic acids is 2. The summed E-state index contributed by atoms with van der Waals surface area (Å²) in [5.74, 6) is 0.563. The number of rotatable bonds is 10. The van der Waals surface area contributed by atoms with Gasteiger partial charge in [-0.1, -0.05) is 62.9 Å². The molecule has 4 rings (SSSR count). The standard InChI is InChI=1S/C31H41ClN2O4/c1-3-19-38-27-18-17-23(20-28(27)37-2)30(31(36)33-24-13-6-4-5-7-14-24)34(29(35)21-32)26-16-10-12-22-11-8-9-15-25(22)26/h8-9,11,15,17-18,20,24,26,30H,3-7,10,12-14,16,19,21H2,1-2H3,(H,33,36)/t26-,30+/m0/s1. The van der Waals surface area contributed by atoms with Crippen molar-refractivity contribution in [1.82, 2.24) is 10.2 Å². The van der Waals surface area contributed by atoms with E-state index in [0.717, 1.165) is 56.9 Å². The summed E-state index contributed by atoms with van der Waals surface area (Å²) in [6.07, 6.45) is 10.1. The Morgan fingerprint density at radius 3 is 2.50 bits per heavy atom. The van der Waals surface area contributed by atoms with Crippen molar-refractivity contribution in [3.05, 3.63) is 59.2 Å². The number of alkyl halides is 1. The number of carbonyl (C=O) groups is 2. The van der Waals surface area contributed by atoms with Crippen molar-refractivity contribution in [2.24, 2.45) is 0 Å². The van der Waals surface area contributed by atoms with E-state index < -0.39 is 6.04 Å². The first kappa shape index (κ1) is 28.3. The fraction of sp³-hybridized carbons (Fsp3) is 0.548. The van der Waals surface area contributed by atoms with Crippen LogP contribution >= 0.6 is 11.6 Å². The van der Waals surface area contributed by atoms with Crippen LogP contribution in [0.5, 0.6) is 11.5 Å². The van der Waals surface area contributed by atoms with Gasteiger partial charge in [0.25, 0.3) is 0 Å². The zero-order chi connectivity index (χ0) is 26.9. The van der Waals surface area contributed by atoms with E-state index in [1.54, 1.807) is 12.0 Å². The Labute approximate surface area is 232 Å². The molecule has 0 spiro atoms. The summed E-state index contributed by atoms with van der Waals surface area (Å²) in [7, 11) is 1.59. The lowest BCUT2D eigenvalue weighted by molar-refractivity contribution is -0.142. The normalized spacial score (nSPS) is 18.6. The maximum Gasteiger partial charge on any atom is 0.247 e. The van der Waals surface area contributed by atoms with Gasteiger partial charge in [0.05, 0.1) is 19.8 Å². The number of hydrogen-bond donors (Lipinski definition) is 1. The summed E-state index contributed by atoms with van der Waals surface area (Å²) in [5, 5.41) is 3.32. The Bertz CT molecular complexity index is 1080. The third-order valence-corrected chi connectivity index (χ3v) is 8.00. The highest BCUT2D eigenvalue weighted by Crippen LogP contribution is 2.41. The smallest absolute Gasteiger partial charge is 0.247 e. The van der Waals surface area contributed by atoms with Crippen molar-refractivity contribution in [2.75, 3.05) is 19.6 Å². The van der Waals surface area contributed by atoms with Crippen LogP contribution < -0.4 is 14.8 Å². The minimum absolute atomic E-state index is 0.105. The number of methoxy groups -OCH3 is 1. The second-order valence-corrected chi connectivity index (χ2v) is 10.7. The van der Waals surface area contributed by atoms with Crippen LogP contribution in [0.3, 0.4) is 0 Å². The maximum absolute atomic E-state index is 14.2. The Morgan fingerprint density at radius 2 is 1.79 bits per heavy atom. The lowest BCUT2D eigenvalue weighted by atomic mass is 9.85. The highest BCUT2D eigenvalue weighted by molar-refractivity contribution is 6.27. The summed E-state index contributed by atoms with van der Waals surface area (Å²) in [6, 6.07) is 12.8. The van der Waals surface area contributed by atoms with E-state index in [4.69, 9.17) is 21.1 Å². The molecule has 0 heterocycles. The minimum Gasteiger partial charge on any atom is -0.493 e. The SMILES string of the molecule is CCCOc1ccc([C@H](C(=O)NC2CCCCCC2)N(C(=O)CCl)[C@H]2CCCc3ccccc32)cc1OC. The fourth-order valence-electron chi connectivity index (χ4n) is 5.91. The van der Waals surface area contributed by atoms with Gasteiger partial charge in [-0.25, -0.2) is 0 Å². The molecule has 0 bridgehead atoms. The third-order valence-electron chi connectivity index (χ3n) is 7.77. The molecular formula is C31H41ClN2O4. The van der Waals surface area contributed by atoms with Gasteiger partial charge in [0.2, 0.25) is 11.8 Å². The Kier molecular flexibility index (Phi) is 10.3. The molecular weight excluding hydrogens is 500 g/mol. The number of aryl methyl sites for hydroxylation is 1. The molecule has 0 unspecified atom stereocenters. The molecule has 2 aliphatic rings. The van der Waals surface area contributed by atoms with Gasteiger partial charge in [-0.2, -0.15) is 0 Å². The number of amides is 2. The molecule has 0 radical (unpaired) electrons. The van der Waals surface area contributed by atoms with E-state index in [1.165, 1.54) is 18.4 Å². The van der Waals surface area contributed by atoms with Gasteiger partial charge in [-0.15, -0.1) is 11.6 Å². The topological polar surface area (TPSA) is 67.9 Å². The highest BCUT2D eigenvalue weighted by atomic mass is 35.5. The predicted octanol–water partition coefficient (Wildman–Crippen LogP) is 6.51. The monoisotopic (exact) mass is 540 g/mol. The Morgan fingerprint density at radius 1 is 1.03 bits per heavy atom.